The van der Waals surface area contributed by atoms with Crippen LogP contribution in [0.5, 0.6) is 0 Å². The molecule has 0 aromatic carbocycles. The number of hydrogen-bond donors (Lipinski definition) is 1. The molecule has 0 aliphatic carbocycles. The fourth-order valence-electron chi connectivity index (χ4n) is 0.676. The molecule has 0 aromatic rings. The lowest BCUT2D eigenvalue weighted by Gasteiger charge is -1.98. The molecule has 0 saturated heterocycles. The van der Waals surface area contributed by atoms with Crippen molar-refractivity contribution in [3.05, 3.63) is 0 Å². The maximum atomic E-state index is 8.25. The van der Waals surface area contributed by atoms with Gasteiger partial charge in [-0.05, 0) is 12.8 Å². The van der Waals surface area contributed by atoms with Gasteiger partial charge in [-0.25, -0.2) is 0 Å². The van der Waals surface area contributed by atoms with Crippen LogP contribution in [0.4, 0.5) is 0 Å². The van der Waals surface area contributed by atoms with E-state index in [1.807, 2.05) is 13.8 Å². The smallest absolute Gasteiger partial charge is 0.116 e. The third kappa shape index (κ3) is 5.70. The predicted molar refractivity (Wildman–Crippen MR) is 48.9 cm³/mol. The zero-order valence-corrected chi connectivity index (χ0v) is 7.66. The quantitative estimate of drug-likeness (QED) is 0.288. The summed E-state index contributed by atoms with van der Waals surface area (Å²) in [7, 11) is 0. The number of rotatable bonds is 6. The van der Waals surface area contributed by atoms with Crippen LogP contribution in [-0.2, 0) is 4.84 Å². The van der Waals surface area contributed by atoms with E-state index in [0.29, 0.717) is 12.3 Å². The zero-order valence-electron chi connectivity index (χ0n) is 7.66. The van der Waals surface area contributed by atoms with Crippen molar-refractivity contribution in [2.45, 2.75) is 33.1 Å². The molecule has 4 heteroatoms. The molecule has 0 spiro atoms. The molecule has 0 atom stereocenters. The summed E-state index contributed by atoms with van der Waals surface area (Å²) in [6.07, 6.45) is 3.96. The maximum absolute atomic E-state index is 8.25. The minimum Gasteiger partial charge on any atom is -0.411 e. The molecule has 0 fully saturated rings. The Morgan fingerprint density at radius 1 is 1.42 bits per heavy atom. The Hall–Kier alpha value is -1.06. The third-order valence-electron chi connectivity index (χ3n) is 1.19. The fraction of sp³-hybridized carbons (Fsp3) is 0.750. The Morgan fingerprint density at radius 2 is 2.17 bits per heavy atom. The Kier molecular flexibility index (Phi) is 7.33. The first kappa shape index (κ1) is 10.9. The van der Waals surface area contributed by atoms with Gasteiger partial charge < -0.3 is 10.0 Å². The summed E-state index contributed by atoms with van der Waals surface area (Å²) in [5.41, 5.74) is 0.674. The van der Waals surface area contributed by atoms with E-state index in [4.69, 9.17) is 10.0 Å². The molecule has 12 heavy (non-hydrogen) atoms. The van der Waals surface area contributed by atoms with Gasteiger partial charge in [0.2, 0.25) is 0 Å². The predicted octanol–water partition coefficient (Wildman–Crippen LogP) is 2.03. The van der Waals surface area contributed by atoms with Crippen LogP contribution in [0.2, 0.25) is 0 Å². The first-order chi connectivity index (χ1) is 5.85. The summed E-state index contributed by atoms with van der Waals surface area (Å²) in [6.45, 7) is 4.64. The lowest BCUT2D eigenvalue weighted by Crippen LogP contribution is -2.01. The van der Waals surface area contributed by atoms with Crippen LogP contribution in [-0.4, -0.2) is 23.7 Å². The Bertz CT molecular complexity index is 155. The molecule has 0 bridgehead atoms. The number of oxime groups is 2. The molecule has 0 radical (unpaired) electrons. The van der Waals surface area contributed by atoms with E-state index in [1.165, 1.54) is 6.21 Å². The summed E-state index contributed by atoms with van der Waals surface area (Å²) >= 11 is 0. The van der Waals surface area contributed by atoms with Crippen LogP contribution in [0.3, 0.4) is 0 Å². The lowest BCUT2D eigenvalue weighted by molar-refractivity contribution is 0.145. The van der Waals surface area contributed by atoms with Crippen LogP contribution < -0.4 is 0 Å². The van der Waals surface area contributed by atoms with E-state index in [0.717, 1.165) is 19.3 Å². The second-order valence-corrected chi connectivity index (χ2v) is 2.41. The van der Waals surface area contributed by atoms with Gasteiger partial charge in [0.05, 0.1) is 6.21 Å². The first-order valence-corrected chi connectivity index (χ1v) is 4.21. The van der Waals surface area contributed by atoms with Gasteiger partial charge >= 0.3 is 0 Å². The summed E-state index contributed by atoms with van der Waals surface area (Å²) in [4.78, 5) is 4.94. The van der Waals surface area contributed by atoms with Crippen molar-refractivity contribution in [3.63, 3.8) is 0 Å². The van der Waals surface area contributed by atoms with E-state index in [-0.39, 0.29) is 0 Å². The molecule has 0 aliphatic rings. The van der Waals surface area contributed by atoms with Gasteiger partial charge in [-0.2, -0.15) is 0 Å². The van der Waals surface area contributed by atoms with E-state index < -0.39 is 0 Å². The fourth-order valence-corrected chi connectivity index (χ4v) is 0.676. The highest BCUT2D eigenvalue weighted by atomic mass is 16.6. The van der Waals surface area contributed by atoms with E-state index >= 15 is 0 Å². The van der Waals surface area contributed by atoms with E-state index in [9.17, 15) is 0 Å². The second kappa shape index (κ2) is 8.04. The highest BCUT2D eigenvalue weighted by molar-refractivity contribution is 6.30. The van der Waals surface area contributed by atoms with Crippen molar-refractivity contribution in [1.82, 2.24) is 0 Å². The minimum atomic E-state index is 0.604. The molecule has 0 heterocycles. The zero-order chi connectivity index (χ0) is 9.23. The van der Waals surface area contributed by atoms with Crippen molar-refractivity contribution in [2.75, 3.05) is 6.61 Å². The van der Waals surface area contributed by atoms with Gasteiger partial charge in [0.25, 0.3) is 0 Å². The summed E-state index contributed by atoms with van der Waals surface area (Å²) in [5.74, 6) is 0. The normalized spacial score (nSPS) is 12.3. The largest absolute Gasteiger partial charge is 0.411 e. The molecule has 0 unspecified atom stereocenters. The van der Waals surface area contributed by atoms with E-state index in [1.54, 1.807) is 0 Å². The topological polar surface area (TPSA) is 54.2 Å². The summed E-state index contributed by atoms with van der Waals surface area (Å²) < 4.78 is 0. The van der Waals surface area contributed by atoms with Crippen LogP contribution in [0.25, 0.3) is 0 Å². The molecule has 0 rings (SSSR count). The van der Waals surface area contributed by atoms with E-state index in [2.05, 4.69) is 10.3 Å². The molecular weight excluding hydrogens is 156 g/mol. The molecule has 0 aromatic heterocycles. The summed E-state index contributed by atoms with van der Waals surface area (Å²) in [6, 6.07) is 0. The van der Waals surface area contributed by atoms with Crippen LogP contribution in [0, 0.1) is 0 Å². The van der Waals surface area contributed by atoms with Gasteiger partial charge in [-0.3, -0.25) is 0 Å². The van der Waals surface area contributed by atoms with Crippen LogP contribution >= 0.6 is 0 Å². The van der Waals surface area contributed by atoms with Crippen molar-refractivity contribution in [2.24, 2.45) is 10.3 Å². The van der Waals surface area contributed by atoms with Crippen molar-refractivity contribution >= 4 is 11.9 Å². The Labute approximate surface area is 72.9 Å². The number of hydrogen-bond acceptors (Lipinski definition) is 4. The Morgan fingerprint density at radius 3 is 2.67 bits per heavy atom. The number of nitrogens with zero attached hydrogens (tertiary/aromatic N) is 2. The van der Waals surface area contributed by atoms with Crippen LogP contribution in [0.15, 0.2) is 10.3 Å². The first-order valence-electron chi connectivity index (χ1n) is 4.21. The average Bonchev–Trinajstić information content (AvgIpc) is 2.06. The second-order valence-electron chi connectivity index (χ2n) is 2.41. The molecule has 0 aliphatic heterocycles. The molecule has 0 amide bonds. The van der Waals surface area contributed by atoms with Crippen LogP contribution in [0.1, 0.15) is 33.1 Å². The molecule has 1 N–H and O–H groups in total. The molecule has 0 saturated carbocycles. The lowest BCUT2D eigenvalue weighted by atomic mass is 10.2. The van der Waals surface area contributed by atoms with Gasteiger partial charge in [0.1, 0.15) is 12.3 Å². The molecule has 4 nitrogen and oxygen atoms in total. The summed E-state index contributed by atoms with van der Waals surface area (Å²) in [5, 5.41) is 15.0. The monoisotopic (exact) mass is 172 g/mol. The van der Waals surface area contributed by atoms with Crippen molar-refractivity contribution in [3.8, 4) is 0 Å². The van der Waals surface area contributed by atoms with Gasteiger partial charge in [-0.15, -0.1) is 0 Å². The standard InChI is InChI=1S/C8H16N2O2/c1-3-5-8(7-9-11)10-12-6-4-2/h7,11H,3-6H2,1-2H3. The van der Waals surface area contributed by atoms with Crippen molar-refractivity contribution in [1.29, 1.82) is 0 Å². The van der Waals surface area contributed by atoms with Crippen molar-refractivity contribution < 1.29 is 10.0 Å². The SMILES string of the molecule is CCCON=C(C=NO)CCC. The average molecular weight is 172 g/mol. The highest BCUT2D eigenvalue weighted by Crippen LogP contribution is 1.92. The molecule has 70 valence electrons. The van der Waals surface area contributed by atoms with Gasteiger partial charge in [0.15, 0.2) is 0 Å². The minimum absolute atomic E-state index is 0.604. The molecular formula is C8H16N2O2. The third-order valence-corrected chi connectivity index (χ3v) is 1.19. The maximum Gasteiger partial charge on any atom is 0.116 e. The van der Waals surface area contributed by atoms with Gasteiger partial charge in [0, 0.05) is 0 Å². The Balaban J connectivity index is 3.81. The highest BCUT2D eigenvalue weighted by Gasteiger charge is 1.94. The van der Waals surface area contributed by atoms with Gasteiger partial charge in [-0.1, -0.05) is 30.6 Å².